The van der Waals surface area contributed by atoms with E-state index in [-0.39, 0.29) is 6.79 Å². The molecule has 0 aromatic heterocycles. The lowest BCUT2D eigenvalue weighted by Gasteiger charge is -2.04. The number of thiocarbonyl (C=S) groups is 1. The van der Waals surface area contributed by atoms with Crippen molar-refractivity contribution in [1.29, 1.82) is 0 Å². The summed E-state index contributed by atoms with van der Waals surface area (Å²) in [6.45, 7) is 2.91. The van der Waals surface area contributed by atoms with Gasteiger partial charge in [-0.05, 0) is 25.2 Å². The van der Waals surface area contributed by atoms with Gasteiger partial charge in [0.15, 0.2) is 16.6 Å². The van der Waals surface area contributed by atoms with E-state index in [1.54, 1.807) is 18.3 Å². The van der Waals surface area contributed by atoms with Crippen molar-refractivity contribution in [3.05, 3.63) is 22.7 Å². The molecule has 5 nitrogen and oxygen atoms in total. The Balaban J connectivity index is 2.05. The maximum absolute atomic E-state index is 6.08. The van der Waals surface area contributed by atoms with Crippen LogP contribution in [0.4, 0.5) is 0 Å². The second-order valence-electron chi connectivity index (χ2n) is 3.46. The monoisotopic (exact) mass is 285 g/mol. The highest BCUT2D eigenvalue weighted by molar-refractivity contribution is 7.80. The highest BCUT2D eigenvalue weighted by atomic mass is 35.5. The molecule has 1 aliphatic heterocycles. The Morgan fingerprint density at radius 3 is 2.94 bits per heavy atom. The first-order valence-electron chi connectivity index (χ1n) is 5.36. The number of rotatable bonds is 3. The lowest BCUT2D eigenvalue weighted by molar-refractivity contribution is 0.174. The van der Waals surface area contributed by atoms with Crippen LogP contribution in [0.3, 0.4) is 0 Å². The van der Waals surface area contributed by atoms with Crippen molar-refractivity contribution in [1.82, 2.24) is 10.7 Å². The molecule has 1 heterocycles. The number of hydrogen-bond donors (Lipinski definition) is 2. The van der Waals surface area contributed by atoms with E-state index in [4.69, 9.17) is 33.3 Å². The van der Waals surface area contributed by atoms with Crippen LogP contribution in [-0.2, 0) is 0 Å². The fourth-order valence-corrected chi connectivity index (χ4v) is 1.79. The Morgan fingerprint density at radius 1 is 1.50 bits per heavy atom. The first kappa shape index (κ1) is 12.9. The van der Waals surface area contributed by atoms with Crippen LogP contribution in [0, 0.1) is 0 Å². The van der Waals surface area contributed by atoms with Gasteiger partial charge in [-0.2, -0.15) is 5.10 Å². The molecule has 0 saturated carbocycles. The summed E-state index contributed by atoms with van der Waals surface area (Å²) in [6, 6.07) is 3.47. The molecule has 1 aliphatic rings. The topological polar surface area (TPSA) is 54.9 Å². The summed E-state index contributed by atoms with van der Waals surface area (Å²) < 4.78 is 10.5. The molecule has 0 aliphatic carbocycles. The number of hydrazone groups is 1. The van der Waals surface area contributed by atoms with E-state index in [1.165, 1.54) is 0 Å². The Morgan fingerprint density at radius 2 is 2.22 bits per heavy atom. The third-order valence-corrected chi connectivity index (χ3v) is 2.76. The van der Waals surface area contributed by atoms with Crippen LogP contribution < -0.4 is 20.2 Å². The van der Waals surface area contributed by atoms with Crippen molar-refractivity contribution in [3.63, 3.8) is 0 Å². The number of nitrogens with one attached hydrogen (secondary N) is 2. The van der Waals surface area contributed by atoms with E-state index in [0.717, 1.165) is 12.1 Å². The van der Waals surface area contributed by atoms with E-state index in [9.17, 15) is 0 Å². The molecular weight excluding hydrogens is 274 g/mol. The molecule has 2 N–H and O–H groups in total. The SMILES string of the molecule is CCNC(=S)N/N=C/c1cc2c(cc1Cl)OCO2. The Kier molecular flexibility index (Phi) is 4.22. The van der Waals surface area contributed by atoms with Gasteiger partial charge in [0, 0.05) is 18.2 Å². The predicted octanol–water partition coefficient (Wildman–Crippen LogP) is 1.89. The van der Waals surface area contributed by atoms with Gasteiger partial charge in [-0.15, -0.1) is 0 Å². The van der Waals surface area contributed by atoms with Crippen LogP contribution in [0.2, 0.25) is 5.02 Å². The third-order valence-electron chi connectivity index (χ3n) is 2.20. The second kappa shape index (κ2) is 5.88. The smallest absolute Gasteiger partial charge is 0.231 e. The first-order valence-corrected chi connectivity index (χ1v) is 6.15. The summed E-state index contributed by atoms with van der Waals surface area (Å²) in [5.41, 5.74) is 3.42. The molecule has 0 unspecified atom stereocenters. The van der Waals surface area contributed by atoms with Crippen molar-refractivity contribution in [3.8, 4) is 11.5 Å². The number of nitrogens with zero attached hydrogens (tertiary/aromatic N) is 1. The quantitative estimate of drug-likeness (QED) is 0.505. The maximum Gasteiger partial charge on any atom is 0.231 e. The fraction of sp³-hybridized carbons (Fsp3) is 0.273. The van der Waals surface area contributed by atoms with E-state index < -0.39 is 0 Å². The number of benzene rings is 1. The minimum atomic E-state index is 0.217. The van der Waals surface area contributed by atoms with E-state index in [1.807, 2.05) is 6.92 Å². The average Bonchev–Trinajstić information content (AvgIpc) is 2.76. The summed E-state index contributed by atoms with van der Waals surface area (Å²) in [5.74, 6) is 1.31. The van der Waals surface area contributed by atoms with Crippen LogP contribution in [0.5, 0.6) is 11.5 Å². The third kappa shape index (κ3) is 3.02. The van der Waals surface area contributed by atoms with Crippen LogP contribution in [0.15, 0.2) is 17.2 Å². The van der Waals surface area contributed by atoms with E-state index in [2.05, 4.69) is 15.8 Å². The zero-order valence-electron chi connectivity index (χ0n) is 9.70. The van der Waals surface area contributed by atoms with Gasteiger partial charge in [0.1, 0.15) is 0 Å². The zero-order valence-corrected chi connectivity index (χ0v) is 11.3. The van der Waals surface area contributed by atoms with Gasteiger partial charge in [-0.3, -0.25) is 5.43 Å². The molecule has 96 valence electrons. The summed E-state index contributed by atoms with van der Waals surface area (Å²) in [6.07, 6.45) is 1.58. The molecule has 1 aromatic carbocycles. The van der Waals surface area contributed by atoms with Crippen LogP contribution in [-0.4, -0.2) is 24.7 Å². The molecule has 0 spiro atoms. The minimum absolute atomic E-state index is 0.217. The van der Waals surface area contributed by atoms with Gasteiger partial charge in [-0.25, -0.2) is 0 Å². The molecule has 0 atom stereocenters. The van der Waals surface area contributed by atoms with Crippen LogP contribution >= 0.6 is 23.8 Å². The number of ether oxygens (including phenoxy) is 2. The predicted molar refractivity (Wildman–Crippen MR) is 74.6 cm³/mol. The summed E-state index contributed by atoms with van der Waals surface area (Å²) in [5, 5.41) is 7.91. The minimum Gasteiger partial charge on any atom is -0.454 e. The normalized spacial score (nSPS) is 12.8. The van der Waals surface area contributed by atoms with Crippen molar-refractivity contribution in [2.24, 2.45) is 5.10 Å². The van der Waals surface area contributed by atoms with Crippen molar-refractivity contribution in [2.75, 3.05) is 13.3 Å². The molecular formula is C11H12ClN3O2S. The molecule has 2 rings (SSSR count). The van der Waals surface area contributed by atoms with Gasteiger partial charge in [-0.1, -0.05) is 11.6 Å². The molecule has 0 saturated heterocycles. The average molecular weight is 286 g/mol. The van der Waals surface area contributed by atoms with Crippen LogP contribution in [0.1, 0.15) is 12.5 Å². The van der Waals surface area contributed by atoms with Gasteiger partial charge >= 0.3 is 0 Å². The summed E-state index contributed by atoms with van der Waals surface area (Å²) in [4.78, 5) is 0. The maximum atomic E-state index is 6.08. The van der Waals surface area contributed by atoms with Crippen molar-refractivity contribution in [2.45, 2.75) is 6.92 Å². The Hall–Kier alpha value is -1.53. The summed E-state index contributed by atoms with van der Waals surface area (Å²) in [7, 11) is 0. The molecule has 1 aromatic rings. The van der Waals surface area contributed by atoms with Gasteiger partial charge in [0.25, 0.3) is 0 Å². The van der Waals surface area contributed by atoms with Crippen LogP contribution in [0.25, 0.3) is 0 Å². The van der Waals surface area contributed by atoms with Crippen molar-refractivity contribution < 1.29 is 9.47 Å². The molecule has 0 fully saturated rings. The highest BCUT2D eigenvalue weighted by Gasteiger charge is 2.15. The highest BCUT2D eigenvalue weighted by Crippen LogP contribution is 2.36. The fourth-order valence-electron chi connectivity index (χ4n) is 1.39. The number of fused-ring (bicyclic) bond motifs is 1. The Bertz CT molecular complexity index is 493. The van der Waals surface area contributed by atoms with Gasteiger partial charge in [0.2, 0.25) is 6.79 Å². The Labute approximate surface area is 115 Å². The van der Waals surface area contributed by atoms with Crippen molar-refractivity contribution >= 4 is 35.1 Å². The van der Waals surface area contributed by atoms with Gasteiger partial charge in [0.05, 0.1) is 11.2 Å². The molecule has 7 heteroatoms. The van der Waals surface area contributed by atoms with E-state index in [0.29, 0.717) is 21.6 Å². The van der Waals surface area contributed by atoms with Gasteiger partial charge < -0.3 is 14.8 Å². The largest absolute Gasteiger partial charge is 0.454 e. The number of hydrogen-bond acceptors (Lipinski definition) is 4. The van der Waals surface area contributed by atoms with E-state index >= 15 is 0 Å². The summed E-state index contributed by atoms with van der Waals surface area (Å²) >= 11 is 11.0. The molecule has 18 heavy (non-hydrogen) atoms. The molecule has 0 radical (unpaired) electrons. The lowest BCUT2D eigenvalue weighted by atomic mass is 10.2. The number of halogens is 1. The second-order valence-corrected chi connectivity index (χ2v) is 4.27. The standard InChI is InChI=1S/C11H12ClN3O2S/c1-2-13-11(18)15-14-5-7-3-9-10(4-8(7)12)17-6-16-9/h3-5H,2,6H2,1H3,(H2,13,15,18)/b14-5+. The lowest BCUT2D eigenvalue weighted by Crippen LogP contribution is -2.31. The zero-order chi connectivity index (χ0) is 13.0. The first-order chi connectivity index (χ1) is 8.70. The molecule has 0 bridgehead atoms. The molecule has 0 amide bonds.